The summed E-state index contributed by atoms with van der Waals surface area (Å²) in [6, 6.07) is 0. The van der Waals surface area contributed by atoms with E-state index < -0.39 is 43.4 Å². The minimum absolute atomic E-state index is 0.107. The molecule has 0 aromatic rings. The van der Waals surface area contributed by atoms with E-state index in [4.69, 9.17) is 18.9 Å². The number of carbonyl (C=O) groups excluding carboxylic acids is 1. The molecule has 0 aromatic carbocycles. The summed E-state index contributed by atoms with van der Waals surface area (Å²) in [5.41, 5.74) is 0. The van der Waals surface area contributed by atoms with Crippen molar-refractivity contribution < 1.29 is 44.2 Å². The Bertz CT molecular complexity index is 1610. The number of ether oxygens (including phenoxy) is 4. The van der Waals surface area contributed by atoms with Gasteiger partial charge in [-0.2, -0.15) is 0 Å². The van der Waals surface area contributed by atoms with Gasteiger partial charge in [-0.05, 0) is 109 Å². The van der Waals surface area contributed by atoms with Gasteiger partial charge in [0.2, 0.25) is 0 Å². The number of allylic oxidation sites excluding steroid dienone is 24. The molecule has 1 saturated heterocycles. The molecule has 1 aliphatic rings. The summed E-state index contributed by atoms with van der Waals surface area (Å²) in [7, 11) is 0. The van der Waals surface area contributed by atoms with E-state index in [1.165, 1.54) is 44.9 Å². The lowest BCUT2D eigenvalue weighted by Gasteiger charge is -2.39. The second kappa shape index (κ2) is 52.0. The fourth-order valence-electron chi connectivity index (χ4n) is 7.51. The molecule has 406 valence electrons. The van der Waals surface area contributed by atoms with E-state index >= 15 is 0 Å². The summed E-state index contributed by atoms with van der Waals surface area (Å²) in [5, 5.41) is 40.3. The molecule has 9 heteroatoms. The molecule has 6 unspecified atom stereocenters. The Hall–Kier alpha value is -3.93. The standard InChI is InChI=1S/C63H100O9/c1-3-5-7-9-11-13-15-17-19-21-23-25-27-28-29-31-33-35-37-39-41-43-45-47-49-51-53-69-55-57(56-70-63-62(68)61(67)60(66)58(54-64)72-63)71-59(65)52-50-48-46-44-42-40-38-36-34-32-30-26-24-22-20-18-16-14-12-10-8-6-4-2/h5-8,11-14,17-20,23-26,28-29,32,34,38,40,44,46,57-58,60-64,66-68H,3-4,9-10,15-16,21-22,27,30-31,33,35-37,39,41-43,45,47-56H2,1-2H3/b7-5-,8-6-,13-11-,14-12-,19-17-,20-18-,25-23-,26-24-,29-28-,34-32-,40-38-,46-44-. The number of hydrogen-bond donors (Lipinski definition) is 4. The number of carbonyl (C=O) groups is 1. The minimum atomic E-state index is -1.56. The van der Waals surface area contributed by atoms with Crippen LogP contribution in [0.1, 0.15) is 181 Å². The molecule has 9 nitrogen and oxygen atoms in total. The maximum absolute atomic E-state index is 12.9. The maximum atomic E-state index is 12.9. The molecule has 0 aliphatic carbocycles. The van der Waals surface area contributed by atoms with Gasteiger partial charge in [-0.3, -0.25) is 4.79 Å². The molecule has 0 radical (unpaired) electrons. The molecule has 4 N–H and O–H groups in total. The number of aliphatic hydroxyl groups is 4. The highest BCUT2D eigenvalue weighted by molar-refractivity contribution is 5.69. The van der Waals surface area contributed by atoms with Crippen molar-refractivity contribution in [2.45, 2.75) is 218 Å². The number of hydrogen-bond acceptors (Lipinski definition) is 9. The highest BCUT2D eigenvalue weighted by atomic mass is 16.7. The highest BCUT2D eigenvalue weighted by Gasteiger charge is 2.44. The third-order valence-electron chi connectivity index (χ3n) is 11.8. The first-order chi connectivity index (χ1) is 35.4. The van der Waals surface area contributed by atoms with Crippen LogP contribution in [0.5, 0.6) is 0 Å². The molecule has 1 fully saturated rings. The molecular formula is C63H100O9. The van der Waals surface area contributed by atoms with Gasteiger partial charge in [0.15, 0.2) is 6.29 Å². The molecular weight excluding hydrogens is 901 g/mol. The van der Waals surface area contributed by atoms with Gasteiger partial charge in [0.1, 0.15) is 30.5 Å². The van der Waals surface area contributed by atoms with E-state index in [9.17, 15) is 25.2 Å². The highest BCUT2D eigenvalue weighted by Crippen LogP contribution is 2.22. The predicted octanol–water partition coefficient (Wildman–Crippen LogP) is 14.6. The van der Waals surface area contributed by atoms with Crippen molar-refractivity contribution in [1.82, 2.24) is 0 Å². The van der Waals surface area contributed by atoms with Crippen LogP contribution in [0.3, 0.4) is 0 Å². The molecule has 1 heterocycles. The van der Waals surface area contributed by atoms with Crippen molar-refractivity contribution in [3.05, 3.63) is 146 Å². The number of aliphatic hydroxyl groups excluding tert-OH is 4. The van der Waals surface area contributed by atoms with Gasteiger partial charge < -0.3 is 39.4 Å². The summed E-state index contributed by atoms with van der Waals surface area (Å²) < 4.78 is 22.9. The van der Waals surface area contributed by atoms with Gasteiger partial charge in [0, 0.05) is 13.0 Å². The molecule has 0 amide bonds. The Balaban J connectivity index is 2.24. The van der Waals surface area contributed by atoms with E-state index in [2.05, 4.69) is 160 Å². The largest absolute Gasteiger partial charge is 0.457 e. The molecule has 0 saturated carbocycles. The van der Waals surface area contributed by atoms with Crippen molar-refractivity contribution in [2.75, 3.05) is 26.4 Å². The summed E-state index contributed by atoms with van der Waals surface area (Å²) in [5.74, 6) is -0.378. The molecule has 1 aliphatic heterocycles. The average molecular weight is 1000 g/mol. The lowest BCUT2D eigenvalue weighted by atomic mass is 9.99. The van der Waals surface area contributed by atoms with Crippen LogP contribution < -0.4 is 0 Å². The van der Waals surface area contributed by atoms with E-state index in [1.54, 1.807) is 0 Å². The Labute approximate surface area is 438 Å². The number of rotatable bonds is 46. The summed E-state index contributed by atoms with van der Waals surface area (Å²) in [6.07, 6.45) is 71.8. The fraction of sp³-hybridized carbons (Fsp3) is 0.603. The Morgan fingerprint density at radius 1 is 0.444 bits per heavy atom. The van der Waals surface area contributed by atoms with E-state index in [0.29, 0.717) is 13.0 Å². The van der Waals surface area contributed by atoms with E-state index in [0.717, 1.165) is 109 Å². The Morgan fingerprint density at radius 2 is 0.806 bits per heavy atom. The van der Waals surface area contributed by atoms with Crippen LogP contribution in [0, 0.1) is 0 Å². The summed E-state index contributed by atoms with van der Waals surface area (Å²) in [6.45, 7) is 4.23. The lowest BCUT2D eigenvalue weighted by Crippen LogP contribution is -2.59. The molecule has 0 spiro atoms. The third-order valence-corrected chi connectivity index (χ3v) is 11.8. The first kappa shape index (κ1) is 66.1. The minimum Gasteiger partial charge on any atom is -0.457 e. The van der Waals surface area contributed by atoms with Crippen molar-refractivity contribution >= 4 is 5.97 Å². The van der Waals surface area contributed by atoms with Gasteiger partial charge in [-0.15, -0.1) is 0 Å². The molecule has 1 rings (SSSR count). The SMILES string of the molecule is CC/C=C\C/C=C\C/C=C\C/C=C\C/C=C\C/C=C\C/C=C\CCCC(=O)OC(COCCCCCCCCCCCC/C=C\C/C=C\C/C=C\C/C=C\C/C=C\CC)COC1OC(CO)C(O)C(O)C1O. The third kappa shape index (κ3) is 41.5. The van der Waals surface area contributed by atoms with Crippen LogP contribution in [0.25, 0.3) is 0 Å². The van der Waals surface area contributed by atoms with Crippen LogP contribution in [-0.2, 0) is 23.7 Å². The van der Waals surface area contributed by atoms with Gasteiger partial charge in [0.25, 0.3) is 0 Å². The Kier molecular flexibility index (Phi) is 47.7. The molecule has 6 atom stereocenters. The van der Waals surface area contributed by atoms with Crippen molar-refractivity contribution in [3.63, 3.8) is 0 Å². The lowest BCUT2D eigenvalue weighted by molar-refractivity contribution is -0.305. The maximum Gasteiger partial charge on any atom is 0.306 e. The summed E-state index contributed by atoms with van der Waals surface area (Å²) in [4.78, 5) is 12.9. The quantitative estimate of drug-likeness (QED) is 0.0267. The normalized spacial score (nSPS) is 19.9. The van der Waals surface area contributed by atoms with Crippen LogP contribution in [0.15, 0.2) is 146 Å². The first-order valence-electron chi connectivity index (χ1n) is 27.9. The van der Waals surface area contributed by atoms with Crippen LogP contribution in [-0.4, -0.2) is 89.6 Å². The molecule has 0 bridgehead atoms. The number of unbranched alkanes of at least 4 members (excludes halogenated alkanes) is 11. The van der Waals surface area contributed by atoms with Crippen LogP contribution in [0.4, 0.5) is 0 Å². The zero-order valence-electron chi connectivity index (χ0n) is 44.9. The van der Waals surface area contributed by atoms with Gasteiger partial charge in [-0.25, -0.2) is 0 Å². The van der Waals surface area contributed by atoms with Gasteiger partial charge >= 0.3 is 5.97 Å². The second-order valence-corrected chi connectivity index (χ2v) is 18.3. The first-order valence-corrected chi connectivity index (χ1v) is 27.9. The average Bonchev–Trinajstić information content (AvgIpc) is 3.38. The summed E-state index contributed by atoms with van der Waals surface area (Å²) >= 11 is 0. The zero-order valence-corrected chi connectivity index (χ0v) is 44.9. The zero-order chi connectivity index (χ0) is 52.1. The fourth-order valence-corrected chi connectivity index (χ4v) is 7.51. The van der Waals surface area contributed by atoms with E-state index in [-0.39, 0.29) is 25.6 Å². The van der Waals surface area contributed by atoms with Gasteiger partial charge in [-0.1, -0.05) is 211 Å². The predicted molar refractivity (Wildman–Crippen MR) is 301 cm³/mol. The van der Waals surface area contributed by atoms with Crippen LogP contribution >= 0.6 is 0 Å². The molecule has 0 aromatic heterocycles. The Morgan fingerprint density at radius 3 is 1.21 bits per heavy atom. The van der Waals surface area contributed by atoms with Crippen LogP contribution in [0.2, 0.25) is 0 Å². The molecule has 72 heavy (non-hydrogen) atoms. The topological polar surface area (TPSA) is 135 Å². The van der Waals surface area contributed by atoms with E-state index in [1.807, 2.05) is 0 Å². The monoisotopic (exact) mass is 1000 g/mol. The van der Waals surface area contributed by atoms with Crippen molar-refractivity contribution in [3.8, 4) is 0 Å². The van der Waals surface area contributed by atoms with Gasteiger partial charge in [0.05, 0.1) is 19.8 Å². The van der Waals surface area contributed by atoms with Crippen molar-refractivity contribution in [2.24, 2.45) is 0 Å². The second-order valence-electron chi connectivity index (χ2n) is 18.3. The smallest absolute Gasteiger partial charge is 0.306 e. The van der Waals surface area contributed by atoms with Crippen molar-refractivity contribution in [1.29, 1.82) is 0 Å². The number of esters is 1.